The van der Waals surface area contributed by atoms with Gasteiger partial charge in [-0.3, -0.25) is 20.8 Å². The minimum Gasteiger partial charge on any atom is -0.347 e. The van der Waals surface area contributed by atoms with E-state index in [0.717, 1.165) is 10.4 Å². The Bertz CT molecular complexity index is 684. The van der Waals surface area contributed by atoms with E-state index in [4.69, 9.17) is 5.84 Å². The maximum Gasteiger partial charge on any atom is 0.293 e. The lowest BCUT2D eigenvalue weighted by Gasteiger charge is -2.07. The lowest BCUT2D eigenvalue weighted by molar-refractivity contribution is -0.384. The molecule has 110 valence electrons. The molecule has 21 heavy (non-hydrogen) atoms. The highest BCUT2D eigenvalue weighted by molar-refractivity contribution is 7.10. The Balaban J connectivity index is 2.12. The smallest absolute Gasteiger partial charge is 0.293 e. The topological polar surface area (TPSA) is 110 Å². The number of nitrogen functional groups attached to an aromatic ring is 1. The fourth-order valence-electron chi connectivity index (χ4n) is 1.80. The minimum atomic E-state index is -0.564. The van der Waals surface area contributed by atoms with Crippen LogP contribution in [0.15, 0.2) is 29.6 Å². The van der Waals surface area contributed by atoms with Gasteiger partial charge in [-0.1, -0.05) is 0 Å². The van der Waals surface area contributed by atoms with Crippen LogP contribution < -0.4 is 16.6 Å². The molecule has 0 aliphatic carbocycles. The molecule has 0 unspecified atom stereocenters. The SMILES string of the molecule is Cc1ccsc1CNC(=O)c1ccc([N+](=O)[O-])c(NN)c1. The van der Waals surface area contributed by atoms with Gasteiger partial charge in [-0.25, -0.2) is 0 Å². The maximum absolute atomic E-state index is 12.1. The van der Waals surface area contributed by atoms with E-state index in [2.05, 4.69) is 10.7 Å². The summed E-state index contributed by atoms with van der Waals surface area (Å²) in [5.74, 6) is 4.93. The highest BCUT2D eigenvalue weighted by atomic mass is 32.1. The zero-order chi connectivity index (χ0) is 15.4. The van der Waals surface area contributed by atoms with Crippen molar-refractivity contribution in [2.75, 3.05) is 5.43 Å². The summed E-state index contributed by atoms with van der Waals surface area (Å²) in [5.41, 5.74) is 3.58. The fraction of sp³-hybridized carbons (Fsp3) is 0.154. The highest BCUT2D eigenvalue weighted by Gasteiger charge is 2.16. The highest BCUT2D eigenvalue weighted by Crippen LogP contribution is 2.24. The van der Waals surface area contributed by atoms with Crippen LogP contribution in [0.5, 0.6) is 0 Å². The van der Waals surface area contributed by atoms with E-state index < -0.39 is 4.92 Å². The summed E-state index contributed by atoms with van der Waals surface area (Å²) in [7, 11) is 0. The number of nitrogens with two attached hydrogens (primary N) is 1. The zero-order valence-electron chi connectivity index (χ0n) is 11.3. The summed E-state index contributed by atoms with van der Waals surface area (Å²) in [6.45, 7) is 2.39. The van der Waals surface area contributed by atoms with Crippen molar-refractivity contribution >= 4 is 28.6 Å². The van der Waals surface area contributed by atoms with Gasteiger partial charge in [0.15, 0.2) is 0 Å². The molecule has 0 saturated heterocycles. The molecular weight excluding hydrogens is 292 g/mol. The molecule has 0 fully saturated rings. The number of carbonyl (C=O) groups is 1. The molecular formula is C13H14N4O3S. The number of nitrogens with zero attached hydrogens (tertiary/aromatic N) is 1. The first-order chi connectivity index (χ1) is 10.0. The second kappa shape index (κ2) is 6.33. The van der Waals surface area contributed by atoms with Crippen LogP contribution in [0.25, 0.3) is 0 Å². The molecule has 1 heterocycles. The van der Waals surface area contributed by atoms with Gasteiger partial charge in [0, 0.05) is 16.5 Å². The van der Waals surface area contributed by atoms with Crippen molar-refractivity contribution in [3.8, 4) is 0 Å². The molecule has 0 bridgehead atoms. The number of nitrogens with one attached hydrogen (secondary N) is 2. The predicted molar refractivity (Wildman–Crippen MR) is 81.1 cm³/mol. The molecule has 4 N–H and O–H groups in total. The molecule has 0 saturated carbocycles. The zero-order valence-corrected chi connectivity index (χ0v) is 12.1. The third-order valence-electron chi connectivity index (χ3n) is 2.99. The van der Waals surface area contributed by atoms with Crippen molar-refractivity contribution in [3.63, 3.8) is 0 Å². The number of aryl methyl sites for hydroxylation is 1. The summed E-state index contributed by atoms with van der Waals surface area (Å²) < 4.78 is 0. The number of hydrogen-bond acceptors (Lipinski definition) is 6. The summed E-state index contributed by atoms with van der Waals surface area (Å²) in [4.78, 5) is 23.4. The van der Waals surface area contributed by atoms with Crippen LogP contribution in [-0.4, -0.2) is 10.8 Å². The molecule has 0 aliphatic heterocycles. The van der Waals surface area contributed by atoms with E-state index in [9.17, 15) is 14.9 Å². The van der Waals surface area contributed by atoms with Gasteiger partial charge in [0.2, 0.25) is 0 Å². The van der Waals surface area contributed by atoms with Crippen LogP contribution in [0.1, 0.15) is 20.8 Å². The largest absolute Gasteiger partial charge is 0.347 e. The Morgan fingerprint density at radius 3 is 2.76 bits per heavy atom. The van der Waals surface area contributed by atoms with Crippen molar-refractivity contribution < 1.29 is 9.72 Å². The average molecular weight is 306 g/mol. The van der Waals surface area contributed by atoms with E-state index in [0.29, 0.717) is 12.1 Å². The van der Waals surface area contributed by atoms with E-state index >= 15 is 0 Å². The first-order valence-corrected chi connectivity index (χ1v) is 6.97. The number of hydrogen-bond donors (Lipinski definition) is 3. The third-order valence-corrected chi connectivity index (χ3v) is 4.01. The summed E-state index contributed by atoms with van der Waals surface area (Å²) in [5, 5.41) is 15.5. The number of rotatable bonds is 5. The molecule has 0 atom stereocenters. The number of carbonyl (C=O) groups excluding carboxylic acids is 1. The molecule has 0 spiro atoms. The van der Waals surface area contributed by atoms with Crippen molar-refractivity contribution in [1.29, 1.82) is 0 Å². The van der Waals surface area contributed by atoms with E-state index in [1.807, 2.05) is 18.4 Å². The quantitative estimate of drug-likeness (QED) is 0.445. The van der Waals surface area contributed by atoms with Gasteiger partial charge in [-0.15, -0.1) is 11.3 Å². The monoisotopic (exact) mass is 306 g/mol. The molecule has 1 amide bonds. The van der Waals surface area contributed by atoms with Crippen LogP contribution in [0.3, 0.4) is 0 Å². The number of hydrazine groups is 1. The van der Waals surface area contributed by atoms with Crippen molar-refractivity contribution in [2.45, 2.75) is 13.5 Å². The van der Waals surface area contributed by atoms with Crippen molar-refractivity contribution in [2.24, 2.45) is 5.84 Å². The average Bonchev–Trinajstić information content (AvgIpc) is 2.89. The lowest BCUT2D eigenvalue weighted by atomic mass is 10.1. The molecule has 8 heteroatoms. The summed E-state index contributed by atoms with van der Waals surface area (Å²) in [6.07, 6.45) is 0. The van der Waals surface area contributed by atoms with Crippen LogP contribution in [0.2, 0.25) is 0 Å². The standard InChI is InChI=1S/C13H14N4O3S/c1-8-4-5-21-12(8)7-15-13(18)9-2-3-11(17(19)20)10(6-9)16-14/h2-6,16H,7,14H2,1H3,(H,15,18). The van der Waals surface area contributed by atoms with Gasteiger partial charge in [-0.2, -0.15) is 0 Å². The Morgan fingerprint density at radius 1 is 1.43 bits per heavy atom. The normalized spacial score (nSPS) is 10.2. The second-order valence-corrected chi connectivity index (χ2v) is 5.34. The number of thiophene rings is 1. The molecule has 0 radical (unpaired) electrons. The van der Waals surface area contributed by atoms with Gasteiger partial charge in [0.05, 0.1) is 11.5 Å². The second-order valence-electron chi connectivity index (χ2n) is 4.34. The van der Waals surface area contributed by atoms with Gasteiger partial charge in [0.25, 0.3) is 11.6 Å². The van der Waals surface area contributed by atoms with Crippen LogP contribution >= 0.6 is 11.3 Å². The Morgan fingerprint density at radius 2 is 2.19 bits per heavy atom. The Kier molecular flexibility index (Phi) is 4.51. The number of anilines is 1. The molecule has 0 aliphatic rings. The summed E-state index contributed by atoms with van der Waals surface area (Å²) in [6, 6.07) is 5.99. The molecule has 1 aromatic heterocycles. The van der Waals surface area contributed by atoms with Gasteiger partial charge < -0.3 is 10.7 Å². The van der Waals surface area contributed by atoms with Crippen LogP contribution in [-0.2, 0) is 6.54 Å². The lowest BCUT2D eigenvalue weighted by Crippen LogP contribution is -2.23. The van der Waals surface area contributed by atoms with Crippen molar-refractivity contribution in [3.05, 3.63) is 55.8 Å². The van der Waals surface area contributed by atoms with Crippen LogP contribution in [0, 0.1) is 17.0 Å². The number of nitro groups is 1. The molecule has 7 nitrogen and oxygen atoms in total. The van der Waals surface area contributed by atoms with Gasteiger partial charge in [0.1, 0.15) is 5.69 Å². The first kappa shape index (κ1) is 14.9. The van der Waals surface area contributed by atoms with Crippen LogP contribution in [0.4, 0.5) is 11.4 Å². The molecule has 1 aromatic carbocycles. The molecule has 2 rings (SSSR count). The minimum absolute atomic E-state index is 0.0972. The van der Waals surface area contributed by atoms with Crippen molar-refractivity contribution in [1.82, 2.24) is 5.32 Å². The maximum atomic E-state index is 12.1. The first-order valence-electron chi connectivity index (χ1n) is 6.09. The van der Waals surface area contributed by atoms with Gasteiger partial charge >= 0.3 is 0 Å². The molecule has 2 aromatic rings. The Hall–Kier alpha value is -2.45. The predicted octanol–water partition coefficient (Wildman–Crippen LogP) is 2.18. The Labute approximate surface area is 124 Å². The third kappa shape index (κ3) is 3.36. The van der Waals surface area contributed by atoms with Gasteiger partial charge in [-0.05, 0) is 36.1 Å². The number of nitro benzene ring substituents is 1. The van der Waals surface area contributed by atoms with E-state index in [1.165, 1.54) is 18.2 Å². The summed E-state index contributed by atoms with van der Waals surface area (Å²) >= 11 is 1.56. The number of amides is 1. The fourth-order valence-corrected chi connectivity index (χ4v) is 2.65. The number of benzene rings is 1. The van der Waals surface area contributed by atoms with E-state index in [-0.39, 0.29) is 17.3 Å². The van der Waals surface area contributed by atoms with E-state index in [1.54, 1.807) is 11.3 Å².